The Kier molecular flexibility index (Phi) is 6.71. The van der Waals surface area contributed by atoms with Crippen molar-refractivity contribution < 1.29 is 15.0 Å². The summed E-state index contributed by atoms with van der Waals surface area (Å²) in [6, 6.07) is 10.1. The monoisotopic (exact) mass is 436 g/mol. The Balaban J connectivity index is 1.45. The minimum atomic E-state index is -0.851. The molecule has 1 aromatic heterocycles. The normalized spacial score (nSPS) is 19.4. The summed E-state index contributed by atoms with van der Waals surface area (Å²) in [7, 11) is 0. The zero-order chi connectivity index (χ0) is 22.5. The lowest BCUT2D eigenvalue weighted by molar-refractivity contribution is 0.132. The number of carbonyl (C=O) groups is 1. The van der Waals surface area contributed by atoms with Crippen molar-refractivity contribution in [2.75, 3.05) is 43.0 Å². The number of nitrogens with one attached hydrogen (secondary N) is 1. The molecule has 0 unspecified atom stereocenters. The van der Waals surface area contributed by atoms with Crippen LogP contribution in [0.15, 0.2) is 30.5 Å². The summed E-state index contributed by atoms with van der Waals surface area (Å²) in [5.41, 5.74) is 2.23. The first kappa shape index (κ1) is 21.8. The highest BCUT2D eigenvalue weighted by Gasteiger charge is 2.24. The Labute approximate surface area is 187 Å². The molecule has 1 amide bonds. The largest absolute Gasteiger partial charge is 0.465 e. The van der Waals surface area contributed by atoms with E-state index >= 15 is 0 Å². The fraction of sp³-hybridized carbons (Fsp3) is 0.478. The summed E-state index contributed by atoms with van der Waals surface area (Å²) in [6.07, 6.45) is 4.39. The molecule has 4 rings (SSSR count). The number of aliphatic hydroxyl groups is 1. The van der Waals surface area contributed by atoms with E-state index in [-0.39, 0.29) is 18.2 Å². The maximum atomic E-state index is 11.1. The van der Waals surface area contributed by atoms with Crippen molar-refractivity contribution in [3.8, 4) is 6.07 Å². The number of hydrogen-bond donors (Lipinski definition) is 3. The van der Waals surface area contributed by atoms with Gasteiger partial charge >= 0.3 is 6.09 Å². The SMILES string of the molecule is N#Cc1ncc(N2CCC[C@@H](CO)C2)nc1Nc1ccc(C2CCN(C(=O)O)CC2)cc1. The number of benzene rings is 1. The minimum Gasteiger partial charge on any atom is -0.465 e. The molecule has 1 aromatic carbocycles. The summed E-state index contributed by atoms with van der Waals surface area (Å²) in [5, 5.41) is 31.3. The molecule has 0 bridgehead atoms. The zero-order valence-electron chi connectivity index (χ0n) is 17.9. The maximum Gasteiger partial charge on any atom is 0.407 e. The van der Waals surface area contributed by atoms with E-state index in [0.29, 0.717) is 30.6 Å². The van der Waals surface area contributed by atoms with Crippen molar-refractivity contribution in [1.82, 2.24) is 14.9 Å². The van der Waals surface area contributed by atoms with Crippen LogP contribution < -0.4 is 10.2 Å². The Morgan fingerprint density at radius 2 is 1.94 bits per heavy atom. The lowest BCUT2D eigenvalue weighted by Gasteiger charge is -2.32. The van der Waals surface area contributed by atoms with E-state index < -0.39 is 6.09 Å². The fourth-order valence-electron chi connectivity index (χ4n) is 4.50. The highest BCUT2D eigenvalue weighted by Crippen LogP contribution is 2.30. The predicted molar refractivity (Wildman–Crippen MR) is 120 cm³/mol. The first-order chi connectivity index (χ1) is 15.6. The number of aromatic nitrogens is 2. The van der Waals surface area contributed by atoms with Crippen LogP contribution in [0.25, 0.3) is 0 Å². The number of hydrogen-bond acceptors (Lipinski definition) is 7. The summed E-state index contributed by atoms with van der Waals surface area (Å²) in [6.45, 7) is 2.86. The van der Waals surface area contributed by atoms with Gasteiger partial charge in [0.25, 0.3) is 0 Å². The van der Waals surface area contributed by atoms with Gasteiger partial charge in [-0.05, 0) is 55.2 Å². The molecular formula is C23H28N6O3. The molecule has 9 nitrogen and oxygen atoms in total. The molecule has 2 aromatic rings. The fourth-order valence-corrected chi connectivity index (χ4v) is 4.50. The smallest absolute Gasteiger partial charge is 0.407 e. The maximum absolute atomic E-state index is 11.1. The second-order valence-electron chi connectivity index (χ2n) is 8.46. The van der Waals surface area contributed by atoms with Crippen molar-refractivity contribution in [3.05, 3.63) is 41.7 Å². The minimum absolute atomic E-state index is 0.160. The van der Waals surface area contributed by atoms with Crippen molar-refractivity contribution >= 4 is 23.4 Å². The molecule has 0 saturated carbocycles. The van der Waals surface area contributed by atoms with Gasteiger partial charge in [0.05, 0.1) is 6.20 Å². The number of amides is 1. The van der Waals surface area contributed by atoms with Crippen LogP contribution in [0.3, 0.4) is 0 Å². The molecule has 1 atom stereocenters. The first-order valence-corrected chi connectivity index (χ1v) is 11.0. The van der Waals surface area contributed by atoms with Crippen LogP contribution in [0.4, 0.5) is 22.1 Å². The first-order valence-electron chi connectivity index (χ1n) is 11.0. The summed E-state index contributed by atoms with van der Waals surface area (Å²) < 4.78 is 0. The van der Waals surface area contributed by atoms with Gasteiger partial charge in [-0.1, -0.05) is 12.1 Å². The van der Waals surface area contributed by atoms with Crippen LogP contribution in [0.5, 0.6) is 0 Å². The molecule has 9 heteroatoms. The molecule has 168 valence electrons. The quantitative estimate of drug-likeness (QED) is 0.653. The van der Waals surface area contributed by atoms with E-state index in [1.165, 1.54) is 10.5 Å². The number of anilines is 3. The van der Waals surface area contributed by atoms with E-state index in [9.17, 15) is 15.2 Å². The average molecular weight is 437 g/mol. The van der Waals surface area contributed by atoms with Gasteiger partial charge in [0, 0.05) is 38.5 Å². The number of nitriles is 1. The average Bonchev–Trinajstić information content (AvgIpc) is 2.84. The standard InChI is InChI=1S/C23H28N6O3/c24-12-20-22(27-21(13-25-20)29-9-1-2-16(14-29)15-30)26-19-5-3-17(4-6-19)18-7-10-28(11-8-18)23(31)32/h3-6,13,16,18,30H,1-2,7-11,14-15H2,(H,26,27)(H,31,32)/t16-/m1/s1. The number of piperidine rings is 2. The zero-order valence-corrected chi connectivity index (χ0v) is 17.9. The van der Waals surface area contributed by atoms with Crippen LogP contribution in [-0.4, -0.2) is 64.0 Å². The Bertz CT molecular complexity index is 982. The van der Waals surface area contributed by atoms with Crippen molar-refractivity contribution in [2.45, 2.75) is 31.6 Å². The Hall–Kier alpha value is -3.38. The topological polar surface area (TPSA) is 126 Å². The lowest BCUT2D eigenvalue weighted by atomic mass is 9.89. The molecule has 2 fully saturated rings. The van der Waals surface area contributed by atoms with Crippen LogP contribution in [0, 0.1) is 17.2 Å². The third-order valence-corrected chi connectivity index (χ3v) is 6.38. The third kappa shape index (κ3) is 4.92. The number of likely N-dealkylation sites (tertiary alicyclic amines) is 1. The van der Waals surface area contributed by atoms with Gasteiger partial charge in [0.1, 0.15) is 11.9 Å². The van der Waals surface area contributed by atoms with Crippen LogP contribution in [0.2, 0.25) is 0 Å². The molecule has 3 heterocycles. The van der Waals surface area contributed by atoms with Crippen molar-refractivity contribution in [3.63, 3.8) is 0 Å². The lowest BCUT2D eigenvalue weighted by Crippen LogP contribution is -2.37. The molecular weight excluding hydrogens is 408 g/mol. The van der Waals surface area contributed by atoms with Gasteiger partial charge in [0.15, 0.2) is 11.5 Å². The van der Waals surface area contributed by atoms with Crippen molar-refractivity contribution in [2.24, 2.45) is 5.92 Å². The predicted octanol–water partition coefficient (Wildman–Crippen LogP) is 3.16. The highest BCUT2D eigenvalue weighted by molar-refractivity contribution is 5.65. The molecule has 0 radical (unpaired) electrons. The Morgan fingerprint density at radius 3 is 2.59 bits per heavy atom. The highest BCUT2D eigenvalue weighted by atomic mass is 16.4. The third-order valence-electron chi connectivity index (χ3n) is 6.38. The van der Waals surface area contributed by atoms with Crippen molar-refractivity contribution in [1.29, 1.82) is 5.26 Å². The molecule has 0 spiro atoms. The number of carboxylic acid groups (broad SMARTS) is 1. The second kappa shape index (κ2) is 9.83. The summed E-state index contributed by atoms with van der Waals surface area (Å²) >= 11 is 0. The number of rotatable bonds is 5. The van der Waals surface area contributed by atoms with E-state index in [1.807, 2.05) is 24.3 Å². The molecule has 3 N–H and O–H groups in total. The number of nitrogens with zero attached hydrogens (tertiary/aromatic N) is 5. The van der Waals surface area contributed by atoms with Gasteiger partial charge in [-0.3, -0.25) is 0 Å². The summed E-state index contributed by atoms with van der Waals surface area (Å²) in [5.74, 6) is 1.69. The van der Waals surface area contributed by atoms with E-state index in [4.69, 9.17) is 5.11 Å². The van der Waals surface area contributed by atoms with E-state index in [1.54, 1.807) is 6.20 Å². The van der Waals surface area contributed by atoms with Gasteiger partial charge in [-0.25, -0.2) is 14.8 Å². The molecule has 2 aliphatic heterocycles. The van der Waals surface area contributed by atoms with Crippen LogP contribution in [-0.2, 0) is 0 Å². The van der Waals surface area contributed by atoms with E-state index in [2.05, 4.69) is 26.3 Å². The van der Waals surface area contributed by atoms with Gasteiger partial charge in [-0.15, -0.1) is 0 Å². The van der Waals surface area contributed by atoms with Crippen LogP contribution in [0.1, 0.15) is 42.9 Å². The molecule has 32 heavy (non-hydrogen) atoms. The second-order valence-corrected chi connectivity index (χ2v) is 8.46. The summed E-state index contributed by atoms with van der Waals surface area (Å²) in [4.78, 5) is 23.6. The Morgan fingerprint density at radius 1 is 1.19 bits per heavy atom. The van der Waals surface area contributed by atoms with Gasteiger partial charge in [-0.2, -0.15) is 5.26 Å². The molecule has 0 aliphatic carbocycles. The van der Waals surface area contributed by atoms with Gasteiger partial charge < -0.3 is 25.3 Å². The molecule has 2 saturated heterocycles. The van der Waals surface area contributed by atoms with Gasteiger partial charge in [0.2, 0.25) is 0 Å². The van der Waals surface area contributed by atoms with Crippen LogP contribution >= 0.6 is 0 Å². The molecule has 2 aliphatic rings. The van der Waals surface area contributed by atoms with E-state index in [0.717, 1.165) is 44.5 Å². The number of aliphatic hydroxyl groups excluding tert-OH is 1.